The maximum absolute atomic E-state index is 12.3. The van der Waals surface area contributed by atoms with Crippen molar-refractivity contribution in [3.63, 3.8) is 0 Å². The number of hydrogen-bond acceptors (Lipinski definition) is 6. The highest BCUT2D eigenvalue weighted by atomic mass is 16.5. The van der Waals surface area contributed by atoms with Crippen molar-refractivity contribution in [3.05, 3.63) is 58.2 Å². The van der Waals surface area contributed by atoms with Gasteiger partial charge in [0, 0.05) is 5.56 Å². The molecule has 0 amide bonds. The molecule has 0 aromatic heterocycles. The highest BCUT2D eigenvalue weighted by molar-refractivity contribution is 5.98. The lowest BCUT2D eigenvalue weighted by Gasteiger charge is -2.15. The van der Waals surface area contributed by atoms with Crippen molar-refractivity contribution in [1.82, 2.24) is 0 Å². The first-order valence-electron chi connectivity index (χ1n) is 8.63. The standard InChI is InChI=1S/C22H24O6/c1-13(2)5-9-16-19(27-3)12-15(20(21(16)25)22(26)28-4)8-6-14-7-10-17(23)18(24)11-14/h5-8,10-12,23-25H,9H2,1-4H3/b8-6-. The third-order valence-electron chi connectivity index (χ3n) is 4.17. The third kappa shape index (κ3) is 4.65. The molecule has 2 rings (SSSR count). The molecular weight excluding hydrogens is 360 g/mol. The molecule has 2 aromatic carbocycles. The Hall–Kier alpha value is -3.41. The lowest BCUT2D eigenvalue weighted by atomic mass is 9.97. The number of phenols is 3. The molecule has 0 radical (unpaired) electrons. The third-order valence-corrected chi connectivity index (χ3v) is 4.17. The Morgan fingerprint density at radius 1 is 1.04 bits per heavy atom. The molecule has 3 N–H and O–H groups in total. The number of ether oxygens (including phenoxy) is 2. The molecule has 0 bridgehead atoms. The molecule has 0 saturated carbocycles. The van der Waals surface area contributed by atoms with E-state index in [0.29, 0.717) is 28.9 Å². The molecule has 0 spiro atoms. The zero-order valence-electron chi connectivity index (χ0n) is 16.3. The number of esters is 1. The second-order valence-electron chi connectivity index (χ2n) is 6.43. The summed E-state index contributed by atoms with van der Waals surface area (Å²) in [5.74, 6) is -0.914. The normalized spacial score (nSPS) is 10.7. The summed E-state index contributed by atoms with van der Waals surface area (Å²) in [5, 5.41) is 29.8. The van der Waals surface area contributed by atoms with Gasteiger partial charge in [-0.1, -0.05) is 29.9 Å². The van der Waals surface area contributed by atoms with Crippen molar-refractivity contribution in [2.24, 2.45) is 0 Å². The molecule has 0 aliphatic heterocycles. The van der Waals surface area contributed by atoms with Gasteiger partial charge in [0.15, 0.2) is 11.5 Å². The van der Waals surface area contributed by atoms with Gasteiger partial charge in [0.25, 0.3) is 0 Å². The predicted molar refractivity (Wildman–Crippen MR) is 108 cm³/mol. The Morgan fingerprint density at radius 2 is 1.75 bits per heavy atom. The van der Waals surface area contributed by atoms with Crippen LogP contribution in [0.5, 0.6) is 23.0 Å². The van der Waals surface area contributed by atoms with Gasteiger partial charge in [-0.3, -0.25) is 0 Å². The van der Waals surface area contributed by atoms with Crippen molar-refractivity contribution in [1.29, 1.82) is 0 Å². The van der Waals surface area contributed by atoms with Crippen LogP contribution in [0.3, 0.4) is 0 Å². The number of phenolic OH excluding ortho intramolecular Hbond substituents is 3. The maximum atomic E-state index is 12.3. The molecule has 0 fully saturated rings. The summed E-state index contributed by atoms with van der Waals surface area (Å²) in [7, 11) is 2.73. The Kier molecular flexibility index (Phi) is 6.71. The van der Waals surface area contributed by atoms with E-state index in [0.717, 1.165) is 5.57 Å². The van der Waals surface area contributed by atoms with Crippen molar-refractivity contribution < 1.29 is 29.6 Å². The van der Waals surface area contributed by atoms with E-state index < -0.39 is 5.97 Å². The van der Waals surface area contributed by atoms with Gasteiger partial charge in [-0.25, -0.2) is 4.79 Å². The van der Waals surface area contributed by atoms with Crippen LogP contribution in [-0.4, -0.2) is 35.5 Å². The zero-order valence-corrected chi connectivity index (χ0v) is 16.3. The van der Waals surface area contributed by atoms with Gasteiger partial charge in [-0.2, -0.15) is 0 Å². The molecule has 0 unspecified atom stereocenters. The van der Waals surface area contributed by atoms with Crippen LogP contribution in [0.2, 0.25) is 0 Å². The van der Waals surface area contributed by atoms with Gasteiger partial charge in [-0.05, 0) is 49.6 Å². The Balaban J connectivity index is 2.59. The van der Waals surface area contributed by atoms with E-state index in [-0.39, 0.29) is 22.8 Å². The summed E-state index contributed by atoms with van der Waals surface area (Å²) in [4.78, 5) is 12.3. The minimum Gasteiger partial charge on any atom is -0.507 e. The molecule has 6 heteroatoms. The fraction of sp³-hybridized carbons (Fsp3) is 0.227. The van der Waals surface area contributed by atoms with Gasteiger partial charge in [0.2, 0.25) is 0 Å². The average molecular weight is 384 g/mol. The molecule has 6 nitrogen and oxygen atoms in total. The molecule has 0 atom stereocenters. The Bertz CT molecular complexity index is 937. The fourth-order valence-electron chi connectivity index (χ4n) is 2.67. The highest BCUT2D eigenvalue weighted by Crippen LogP contribution is 2.37. The zero-order chi connectivity index (χ0) is 20.8. The van der Waals surface area contributed by atoms with E-state index in [1.54, 1.807) is 24.3 Å². The lowest BCUT2D eigenvalue weighted by molar-refractivity contribution is 0.0597. The summed E-state index contributed by atoms with van der Waals surface area (Å²) >= 11 is 0. The number of carbonyl (C=O) groups excluding carboxylic acids is 1. The van der Waals surface area contributed by atoms with Crippen LogP contribution in [0.1, 0.15) is 40.9 Å². The first-order chi connectivity index (χ1) is 13.3. The Morgan fingerprint density at radius 3 is 2.32 bits per heavy atom. The number of carbonyl (C=O) groups is 1. The molecule has 0 saturated heterocycles. The van der Waals surface area contributed by atoms with Crippen LogP contribution >= 0.6 is 0 Å². The minimum atomic E-state index is -0.674. The molecular formula is C22H24O6. The SMILES string of the molecule is COC(=O)c1c(/C=C\c2ccc(O)c(O)c2)cc(OC)c(CC=C(C)C)c1O. The highest BCUT2D eigenvalue weighted by Gasteiger charge is 2.22. The molecule has 0 aliphatic rings. The lowest BCUT2D eigenvalue weighted by Crippen LogP contribution is -2.07. The van der Waals surface area contributed by atoms with Gasteiger partial charge < -0.3 is 24.8 Å². The van der Waals surface area contributed by atoms with Gasteiger partial charge in [0.05, 0.1) is 14.2 Å². The number of benzene rings is 2. The van der Waals surface area contributed by atoms with Crippen molar-refractivity contribution >= 4 is 18.1 Å². The monoisotopic (exact) mass is 384 g/mol. The first-order valence-corrected chi connectivity index (χ1v) is 8.63. The van der Waals surface area contributed by atoms with Gasteiger partial charge in [-0.15, -0.1) is 0 Å². The second-order valence-corrected chi connectivity index (χ2v) is 6.43. The van der Waals surface area contributed by atoms with Crippen molar-refractivity contribution in [3.8, 4) is 23.0 Å². The summed E-state index contributed by atoms with van der Waals surface area (Å²) in [6.45, 7) is 3.88. The van der Waals surface area contributed by atoms with E-state index in [9.17, 15) is 20.1 Å². The topological polar surface area (TPSA) is 96.2 Å². The largest absolute Gasteiger partial charge is 0.507 e. The fourth-order valence-corrected chi connectivity index (χ4v) is 2.67. The minimum absolute atomic E-state index is 0.0275. The predicted octanol–water partition coefficient (Wildman–Crippen LogP) is 4.28. The van der Waals surface area contributed by atoms with E-state index >= 15 is 0 Å². The maximum Gasteiger partial charge on any atom is 0.342 e. The van der Waals surface area contributed by atoms with Gasteiger partial charge in [0.1, 0.15) is 17.1 Å². The van der Waals surface area contributed by atoms with Crippen LogP contribution in [0.25, 0.3) is 12.2 Å². The molecule has 2 aromatic rings. The van der Waals surface area contributed by atoms with E-state index in [1.807, 2.05) is 19.9 Å². The number of methoxy groups -OCH3 is 2. The molecule has 28 heavy (non-hydrogen) atoms. The number of hydrogen-bond donors (Lipinski definition) is 3. The summed E-state index contributed by atoms with van der Waals surface area (Å²) < 4.78 is 10.2. The smallest absolute Gasteiger partial charge is 0.342 e. The average Bonchev–Trinajstić information content (AvgIpc) is 2.66. The molecule has 148 valence electrons. The summed E-state index contributed by atoms with van der Waals surface area (Å²) in [5.41, 5.74) is 2.58. The van der Waals surface area contributed by atoms with Crippen LogP contribution in [0.4, 0.5) is 0 Å². The molecule has 0 aliphatic carbocycles. The summed E-state index contributed by atoms with van der Waals surface area (Å²) in [6.07, 6.45) is 5.56. The van der Waals surface area contributed by atoms with Crippen LogP contribution in [0, 0.1) is 0 Å². The van der Waals surface area contributed by atoms with Crippen molar-refractivity contribution in [2.75, 3.05) is 14.2 Å². The quantitative estimate of drug-likeness (QED) is 0.298. The van der Waals surface area contributed by atoms with Crippen LogP contribution in [-0.2, 0) is 11.2 Å². The first kappa shape index (κ1) is 20.9. The number of aromatic hydroxyl groups is 3. The van der Waals surface area contributed by atoms with E-state index in [4.69, 9.17) is 9.47 Å². The van der Waals surface area contributed by atoms with Crippen LogP contribution in [0.15, 0.2) is 35.9 Å². The summed E-state index contributed by atoms with van der Waals surface area (Å²) in [6, 6.07) is 5.99. The second kappa shape index (κ2) is 8.99. The van der Waals surface area contributed by atoms with Crippen LogP contribution < -0.4 is 4.74 Å². The number of allylic oxidation sites excluding steroid dienone is 2. The Labute approximate surface area is 164 Å². The van der Waals surface area contributed by atoms with Crippen molar-refractivity contribution in [2.45, 2.75) is 20.3 Å². The number of rotatable bonds is 6. The van der Waals surface area contributed by atoms with Gasteiger partial charge >= 0.3 is 5.97 Å². The van der Waals surface area contributed by atoms with E-state index in [1.165, 1.54) is 26.4 Å². The van der Waals surface area contributed by atoms with E-state index in [2.05, 4.69) is 0 Å². The molecule has 0 heterocycles.